The summed E-state index contributed by atoms with van der Waals surface area (Å²) in [4.78, 5) is 29.8. The number of nitrogens with one attached hydrogen (secondary N) is 1. The van der Waals surface area contributed by atoms with E-state index in [0.717, 1.165) is 21.8 Å². The first kappa shape index (κ1) is 28.1. The van der Waals surface area contributed by atoms with Crippen molar-refractivity contribution in [3.63, 3.8) is 0 Å². The zero-order chi connectivity index (χ0) is 25.9. The van der Waals surface area contributed by atoms with Gasteiger partial charge in [-0.3, -0.25) is 9.59 Å². The Morgan fingerprint density at radius 2 is 1.47 bits per heavy atom. The van der Waals surface area contributed by atoms with Crippen LogP contribution < -0.4 is 5.32 Å². The Bertz CT molecular complexity index is 1110. The van der Waals surface area contributed by atoms with Crippen molar-refractivity contribution in [2.45, 2.75) is 56.6 Å². The molecule has 0 aromatic heterocycles. The summed E-state index contributed by atoms with van der Waals surface area (Å²) in [5, 5.41) is 4.36. The molecule has 0 aliphatic heterocycles. The van der Waals surface area contributed by atoms with Crippen LogP contribution in [-0.2, 0) is 22.6 Å². The Hall–Kier alpha value is -2.47. The molecule has 7 heteroatoms. The smallest absolute Gasteiger partial charge is 0.243 e. The molecule has 0 heterocycles. The highest BCUT2D eigenvalue weighted by Gasteiger charge is 2.30. The maximum atomic E-state index is 13.6. The second-order valence-electron chi connectivity index (χ2n) is 8.92. The fraction of sp³-hybridized carbons (Fsp3) is 0.310. The summed E-state index contributed by atoms with van der Waals surface area (Å²) in [7, 11) is 0. The first-order chi connectivity index (χ1) is 17.3. The van der Waals surface area contributed by atoms with Crippen LogP contribution in [0.4, 0.5) is 0 Å². The molecule has 0 saturated carbocycles. The minimum Gasteiger partial charge on any atom is -0.352 e. The minimum absolute atomic E-state index is 0.0287. The molecular formula is C29H32Cl2N2O2S. The Balaban J connectivity index is 1.77. The predicted octanol–water partition coefficient (Wildman–Crippen LogP) is 7.03. The van der Waals surface area contributed by atoms with E-state index in [4.69, 9.17) is 23.2 Å². The second kappa shape index (κ2) is 14.3. The third kappa shape index (κ3) is 9.20. The topological polar surface area (TPSA) is 49.4 Å². The summed E-state index contributed by atoms with van der Waals surface area (Å²) in [6.45, 7) is 4.19. The minimum atomic E-state index is -0.623. The van der Waals surface area contributed by atoms with Crippen molar-refractivity contribution >= 4 is 46.8 Å². The molecule has 3 rings (SSSR count). The molecule has 3 aromatic carbocycles. The van der Waals surface area contributed by atoms with Gasteiger partial charge in [-0.25, -0.2) is 0 Å². The van der Waals surface area contributed by atoms with Gasteiger partial charge in [-0.05, 0) is 73.5 Å². The molecule has 36 heavy (non-hydrogen) atoms. The van der Waals surface area contributed by atoms with Crippen LogP contribution in [0.5, 0.6) is 0 Å². The van der Waals surface area contributed by atoms with E-state index in [1.54, 1.807) is 16.7 Å². The van der Waals surface area contributed by atoms with Crippen LogP contribution in [0.3, 0.4) is 0 Å². The summed E-state index contributed by atoms with van der Waals surface area (Å²) in [5.41, 5.74) is 1.94. The Morgan fingerprint density at radius 3 is 2.08 bits per heavy atom. The number of rotatable bonds is 12. The lowest BCUT2D eigenvalue weighted by atomic mass is 10.0. The fourth-order valence-corrected chi connectivity index (χ4v) is 4.91. The van der Waals surface area contributed by atoms with E-state index in [9.17, 15) is 9.59 Å². The molecule has 0 aliphatic rings. The molecule has 190 valence electrons. The SMILES string of the molecule is CC(C)NC(=O)[C@@H](Cc1ccccc1)N(Cc1ccc(Cl)cc1)C(=O)CCCSc1ccc(Cl)cc1. The van der Waals surface area contributed by atoms with Crippen molar-refractivity contribution in [3.8, 4) is 0 Å². The van der Waals surface area contributed by atoms with Crippen molar-refractivity contribution in [2.75, 3.05) is 5.75 Å². The van der Waals surface area contributed by atoms with Gasteiger partial charge >= 0.3 is 0 Å². The van der Waals surface area contributed by atoms with Gasteiger partial charge in [0.05, 0.1) is 0 Å². The highest BCUT2D eigenvalue weighted by Crippen LogP contribution is 2.23. The average Bonchev–Trinajstić information content (AvgIpc) is 2.86. The molecule has 3 aromatic rings. The van der Waals surface area contributed by atoms with Crippen LogP contribution in [0.15, 0.2) is 83.8 Å². The molecule has 0 bridgehead atoms. The van der Waals surface area contributed by atoms with Gasteiger partial charge in [-0.1, -0.05) is 65.7 Å². The number of benzene rings is 3. The van der Waals surface area contributed by atoms with Crippen LogP contribution in [0.25, 0.3) is 0 Å². The molecule has 0 spiro atoms. The summed E-state index contributed by atoms with van der Waals surface area (Å²) in [5.74, 6) is 0.608. The van der Waals surface area contributed by atoms with Crippen LogP contribution in [0.1, 0.15) is 37.8 Å². The number of amides is 2. The third-order valence-electron chi connectivity index (χ3n) is 5.59. The van der Waals surface area contributed by atoms with Gasteiger partial charge in [0.25, 0.3) is 0 Å². The van der Waals surface area contributed by atoms with Crippen LogP contribution in [0, 0.1) is 0 Å². The number of carbonyl (C=O) groups is 2. The first-order valence-electron chi connectivity index (χ1n) is 12.1. The Kier molecular flexibility index (Phi) is 11.2. The fourth-order valence-electron chi connectivity index (χ4n) is 3.81. The Labute approximate surface area is 228 Å². The normalized spacial score (nSPS) is 11.8. The van der Waals surface area contributed by atoms with Crippen molar-refractivity contribution in [1.82, 2.24) is 10.2 Å². The maximum absolute atomic E-state index is 13.6. The lowest BCUT2D eigenvalue weighted by Gasteiger charge is -2.32. The van der Waals surface area contributed by atoms with Gasteiger partial charge in [0.15, 0.2) is 0 Å². The molecule has 0 aliphatic carbocycles. The standard InChI is InChI=1S/C29H32Cl2N2O2S/c1-21(2)32-29(35)27(19-22-7-4-3-5-8-22)33(20-23-10-12-24(30)13-11-23)28(34)9-6-18-36-26-16-14-25(31)15-17-26/h3-5,7-8,10-17,21,27H,6,9,18-20H2,1-2H3,(H,32,35)/t27-/m1/s1. The molecule has 0 radical (unpaired) electrons. The lowest BCUT2D eigenvalue weighted by Crippen LogP contribution is -2.51. The van der Waals surface area contributed by atoms with E-state index >= 15 is 0 Å². The molecular weight excluding hydrogens is 511 g/mol. The maximum Gasteiger partial charge on any atom is 0.243 e. The van der Waals surface area contributed by atoms with Gasteiger partial charge in [0.1, 0.15) is 6.04 Å². The second-order valence-corrected chi connectivity index (χ2v) is 11.0. The molecule has 2 amide bonds. The average molecular weight is 544 g/mol. The van der Waals surface area contributed by atoms with E-state index in [2.05, 4.69) is 5.32 Å². The summed E-state index contributed by atoms with van der Waals surface area (Å²) in [6.07, 6.45) is 1.50. The summed E-state index contributed by atoms with van der Waals surface area (Å²) >= 11 is 13.7. The largest absolute Gasteiger partial charge is 0.352 e. The predicted molar refractivity (Wildman–Crippen MR) is 151 cm³/mol. The highest BCUT2D eigenvalue weighted by molar-refractivity contribution is 7.99. The first-order valence-corrected chi connectivity index (χ1v) is 13.8. The van der Waals surface area contributed by atoms with Gasteiger partial charge in [-0.15, -0.1) is 11.8 Å². The molecule has 1 N–H and O–H groups in total. The van der Waals surface area contributed by atoms with E-state index < -0.39 is 6.04 Å². The van der Waals surface area contributed by atoms with Crippen LogP contribution >= 0.6 is 35.0 Å². The van der Waals surface area contributed by atoms with Crippen molar-refractivity contribution in [1.29, 1.82) is 0 Å². The van der Waals surface area contributed by atoms with E-state index in [-0.39, 0.29) is 17.9 Å². The molecule has 0 saturated heterocycles. The molecule has 4 nitrogen and oxygen atoms in total. The zero-order valence-electron chi connectivity index (χ0n) is 20.6. The van der Waals surface area contributed by atoms with Crippen LogP contribution in [0.2, 0.25) is 10.0 Å². The van der Waals surface area contributed by atoms with Gasteiger partial charge in [-0.2, -0.15) is 0 Å². The number of nitrogens with zero attached hydrogens (tertiary/aromatic N) is 1. The highest BCUT2D eigenvalue weighted by atomic mass is 35.5. The van der Waals surface area contributed by atoms with Crippen LogP contribution in [-0.4, -0.2) is 34.6 Å². The molecule has 1 atom stereocenters. The number of thioether (sulfide) groups is 1. The molecule has 0 unspecified atom stereocenters. The number of hydrogen-bond acceptors (Lipinski definition) is 3. The number of carbonyl (C=O) groups excluding carboxylic acids is 2. The van der Waals surface area contributed by atoms with Crippen molar-refractivity contribution < 1.29 is 9.59 Å². The van der Waals surface area contributed by atoms with E-state index in [1.165, 1.54) is 0 Å². The zero-order valence-corrected chi connectivity index (χ0v) is 23.0. The number of halogens is 2. The monoisotopic (exact) mass is 542 g/mol. The quantitative estimate of drug-likeness (QED) is 0.197. The lowest BCUT2D eigenvalue weighted by molar-refractivity contribution is -0.141. The number of hydrogen-bond donors (Lipinski definition) is 1. The Morgan fingerprint density at radius 1 is 0.861 bits per heavy atom. The van der Waals surface area contributed by atoms with Gasteiger partial charge in [0, 0.05) is 40.4 Å². The molecule has 0 fully saturated rings. The summed E-state index contributed by atoms with van der Waals surface area (Å²) < 4.78 is 0. The van der Waals surface area contributed by atoms with Crippen molar-refractivity contribution in [3.05, 3.63) is 100 Å². The van der Waals surface area contributed by atoms with E-state index in [1.807, 2.05) is 92.7 Å². The third-order valence-corrected chi connectivity index (χ3v) is 7.19. The van der Waals surface area contributed by atoms with Gasteiger partial charge < -0.3 is 10.2 Å². The van der Waals surface area contributed by atoms with Gasteiger partial charge in [0.2, 0.25) is 11.8 Å². The van der Waals surface area contributed by atoms with E-state index in [0.29, 0.717) is 35.9 Å². The van der Waals surface area contributed by atoms with Crippen molar-refractivity contribution in [2.24, 2.45) is 0 Å². The summed E-state index contributed by atoms with van der Waals surface area (Å²) in [6, 6.07) is 24.3.